The van der Waals surface area contributed by atoms with Crippen LogP contribution in [-0.4, -0.2) is 28.7 Å². The molecule has 0 heterocycles. The largest absolute Gasteiger partial charge is 0.396 e. The highest BCUT2D eigenvalue weighted by Crippen LogP contribution is 2.62. The Morgan fingerprint density at radius 2 is 1.96 bits per heavy atom. The van der Waals surface area contributed by atoms with Crippen LogP contribution in [0.5, 0.6) is 0 Å². The van der Waals surface area contributed by atoms with Gasteiger partial charge in [0, 0.05) is 13.0 Å². The van der Waals surface area contributed by atoms with Crippen molar-refractivity contribution < 1.29 is 15.0 Å². The van der Waals surface area contributed by atoms with Crippen LogP contribution in [0.2, 0.25) is 0 Å². The van der Waals surface area contributed by atoms with Crippen LogP contribution in [-0.2, 0) is 4.79 Å². The van der Waals surface area contributed by atoms with E-state index in [1.54, 1.807) is 5.57 Å². The first-order chi connectivity index (χ1) is 12.5. The van der Waals surface area contributed by atoms with Crippen molar-refractivity contribution in [2.45, 2.75) is 83.7 Å². The molecule has 144 valence electrons. The summed E-state index contributed by atoms with van der Waals surface area (Å²) < 4.78 is 0. The Kier molecular flexibility index (Phi) is 5.13. The van der Waals surface area contributed by atoms with Gasteiger partial charge in [-0.05, 0) is 91.8 Å². The van der Waals surface area contributed by atoms with E-state index in [-0.39, 0.29) is 18.1 Å². The van der Waals surface area contributed by atoms with Gasteiger partial charge in [0.25, 0.3) is 0 Å². The zero-order valence-corrected chi connectivity index (χ0v) is 16.2. The van der Waals surface area contributed by atoms with Gasteiger partial charge in [0.1, 0.15) is 0 Å². The molecule has 5 atom stereocenters. The van der Waals surface area contributed by atoms with Gasteiger partial charge >= 0.3 is 0 Å². The summed E-state index contributed by atoms with van der Waals surface area (Å²) in [6.45, 7) is 2.63. The molecule has 2 fully saturated rings. The van der Waals surface area contributed by atoms with Crippen LogP contribution < -0.4 is 0 Å². The molecule has 0 aliphatic heterocycles. The fraction of sp³-hybridized carbons (Fsp3) is 0.783. The molecule has 0 aromatic rings. The molecule has 0 radical (unpaired) electrons. The maximum atomic E-state index is 11.9. The number of fused-ring (bicyclic) bond motifs is 4. The second-order valence-electron chi connectivity index (χ2n) is 9.39. The van der Waals surface area contributed by atoms with Crippen molar-refractivity contribution in [3.05, 3.63) is 22.8 Å². The van der Waals surface area contributed by atoms with Crippen molar-refractivity contribution in [2.75, 3.05) is 6.61 Å². The molecule has 4 rings (SSSR count). The Hall–Kier alpha value is -0.930. The van der Waals surface area contributed by atoms with Gasteiger partial charge < -0.3 is 10.2 Å². The molecule has 0 bridgehead atoms. The van der Waals surface area contributed by atoms with Gasteiger partial charge in [-0.1, -0.05) is 25.3 Å². The quantitative estimate of drug-likeness (QED) is 0.719. The third kappa shape index (κ3) is 3.01. The summed E-state index contributed by atoms with van der Waals surface area (Å²) in [7, 11) is 0. The molecular weight excluding hydrogens is 324 g/mol. The predicted octanol–water partition coefficient (Wildman–Crippen LogP) is 4.33. The minimum absolute atomic E-state index is 0.0715. The van der Waals surface area contributed by atoms with Crippen molar-refractivity contribution >= 4 is 5.78 Å². The third-order valence-electron chi connectivity index (χ3n) is 8.00. The molecule has 3 heteroatoms. The monoisotopic (exact) mass is 358 g/mol. The Balaban J connectivity index is 1.68. The first-order valence-corrected chi connectivity index (χ1v) is 10.8. The maximum Gasteiger partial charge on any atom is 0.156 e. The van der Waals surface area contributed by atoms with Gasteiger partial charge in [0.2, 0.25) is 0 Å². The number of hydrogen-bond acceptors (Lipinski definition) is 3. The minimum Gasteiger partial charge on any atom is -0.396 e. The van der Waals surface area contributed by atoms with Crippen molar-refractivity contribution in [1.29, 1.82) is 0 Å². The van der Waals surface area contributed by atoms with Crippen LogP contribution in [0.15, 0.2) is 22.8 Å². The predicted molar refractivity (Wildman–Crippen MR) is 103 cm³/mol. The van der Waals surface area contributed by atoms with E-state index in [4.69, 9.17) is 5.11 Å². The zero-order valence-electron chi connectivity index (χ0n) is 16.2. The summed E-state index contributed by atoms with van der Waals surface area (Å²) >= 11 is 0. The molecule has 2 N–H and O–H groups in total. The van der Waals surface area contributed by atoms with Crippen LogP contribution in [0.3, 0.4) is 0 Å². The van der Waals surface area contributed by atoms with Gasteiger partial charge in [-0.25, -0.2) is 0 Å². The van der Waals surface area contributed by atoms with Crippen molar-refractivity contribution in [3.63, 3.8) is 0 Å². The van der Waals surface area contributed by atoms with Crippen LogP contribution in [0.25, 0.3) is 0 Å². The van der Waals surface area contributed by atoms with E-state index in [1.807, 2.05) is 6.08 Å². The highest BCUT2D eigenvalue weighted by atomic mass is 16.3. The number of rotatable bonds is 5. The zero-order chi connectivity index (χ0) is 18.3. The molecule has 3 nitrogen and oxygen atoms in total. The molecule has 2 unspecified atom stereocenters. The third-order valence-corrected chi connectivity index (χ3v) is 8.00. The number of aliphatic hydroxyl groups is 2. The fourth-order valence-corrected chi connectivity index (χ4v) is 6.74. The van der Waals surface area contributed by atoms with Crippen LogP contribution in [0.1, 0.15) is 77.6 Å². The number of hydrogen-bond donors (Lipinski definition) is 2. The van der Waals surface area contributed by atoms with Gasteiger partial charge in [-0.3, -0.25) is 4.79 Å². The Bertz CT molecular complexity index is 631. The summed E-state index contributed by atoms with van der Waals surface area (Å²) in [6, 6.07) is 0. The highest BCUT2D eigenvalue weighted by molar-refractivity contribution is 5.93. The second kappa shape index (κ2) is 7.24. The van der Waals surface area contributed by atoms with Gasteiger partial charge in [-0.2, -0.15) is 0 Å². The lowest BCUT2D eigenvalue weighted by atomic mass is 9.53. The summed E-state index contributed by atoms with van der Waals surface area (Å²) in [5.41, 5.74) is 4.60. The molecule has 26 heavy (non-hydrogen) atoms. The summed E-state index contributed by atoms with van der Waals surface area (Å²) in [5.74, 6) is 2.10. The molecule has 0 aromatic heterocycles. The Morgan fingerprint density at radius 1 is 1.12 bits per heavy atom. The lowest BCUT2D eigenvalue weighted by Gasteiger charge is -2.52. The Labute approximate surface area is 157 Å². The van der Waals surface area contributed by atoms with Crippen LogP contribution >= 0.6 is 0 Å². The molecule has 0 saturated heterocycles. The lowest BCUT2D eigenvalue weighted by Crippen LogP contribution is -2.45. The van der Waals surface area contributed by atoms with Gasteiger partial charge in [0.15, 0.2) is 5.78 Å². The maximum absolute atomic E-state index is 11.9. The highest BCUT2D eigenvalue weighted by Gasteiger charge is 2.55. The number of carbonyl (C=O) groups is 1. The molecule has 0 aromatic carbocycles. The van der Waals surface area contributed by atoms with Crippen molar-refractivity contribution in [1.82, 2.24) is 0 Å². The van der Waals surface area contributed by atoms with Crippen LogP contribution in [0.4, 0.5) is 0 Å². The standard InChI is InChI=1S/C23H34O3/c1-23-14-16(5-3-2-4-12-24)22-18-9-7-17(25)13-15(18)6-8-19(22)20(23)10-11-21(23)26/h13,16,19-21,24,26H,2-12,14H2,1H3/t16?,19-,20-,21?,23-/m0/s1. The molecular formula is C23H34O3. The molecule has 2 saturated carbocycles. The lowest BCUT2D eigenvalue weighted by molar-refractivity contribution is -0.114. The van der Waals surface area contributed by atoms with E-state index in [2.05, 4.69) is 6.92 Å². The SMILES string of the molecule is C[C@]12CC(CCCCCO)C3=C4CCC(=O)C=C4CC[C@H]3[C@@H]1CCC2O. The van der Waals surface area contributed by atoms with Crippen molar-refractivity contribution in [2.24, 2.45) is 23.2 Å². The minimum atomic E-state index is -0.149. The Morgan fingerprint density at radius 3 is 2.77 bits per heavy atom. The smallest absolute Gasteiger partial charge is 0.156 e. The van der Waals surface area contributed by atoms with E-state index in [9.17, 15) is 9.90 Å². The summed E-state index contributed by atoms with van der Waals surface area (Å²) in [4.78, 5) is 11.9. The molecule has 4 aliphatic carbocycles. The summed E-state index contributed by atoms with van der Waals surface area (Å²) in [6.07, 6.45) is 13.1. The second-order valence-corrected chi connectivity index (χ2v) is 9.39. The number of carbonyl (C=O) groups excluding carboxylic acids is 1. The first kappa shape index (κ1) is 18.4. The van der Waals surface area contributed by atoms with E-state index in [0.29, 0.717) is 30.0 Å². The number of aliphatic hydroxyl groups excluding tert-OH is 2. The molecule has 4 aliphatic rings. The number of allylic oxidation sites excluding steroid dienone is 4. The average Bonchev–Trinajstić information content (AvgIpc) is 2.93. The van der Waals surface area contributed by atoms with Gasteiger partial charge in [0.05, 0.1) is 6.10 Å². The first-order valence-electron chi connectivity index (χ1n) is 10.8. The fourth-order valence-electron chi connectivity index (χ4n) is 6.74. The molecule has 0 spiro atoms. The topological polar surface area (TPSA) is 57.5 Å². The number of ketones is 1. The van der Waals surface area contributed by atoms with Gasteiger partial charge in [-0.15, -0.1) is 0 Å². The molecule has 0 amide bonds. The van der Waals surface area contributed by atoms with E-state index in [0.717, 1.165) is 57.8 Å². The number of unbranched alkanes of at least 4 members (excludes halogenated alkanes) is 2. The van der Waals surface area contributed by atoms with E-state index < -0.39 is 0 Å². The normalized spacial score (nSPS) is 39.3. The average molecular weight is 359 g/mol. The van der Waals surface area contributed by atoms with E-state index in [1.165, 1.54) is 17.6 Å². The van der Waals surface area contributed by atoms with E-state index >= 15 is 0 Å². The van der Waals surface area contributed by atoms with Crippen LogP contribution in [0, 0.1) is 23.2 Å². The summed E-state index contributed by atoms with van der Waals surface area (Å²) in [5, 5.41) is 19.9. The van der Waals surface area contributed by atoms with Crippen molar-refractivity contribution in [3.8, 4) is 0 Å².